The molecule has 0 radical (unpaired) electrons. The highest BCUT2D eigenvalue weighted by Crippen LogP contribution is 2.18. The average Bonchev–Trinajstić information content (AvgIpc) is 3.27. The molecule has 0 atom stereocenters. The van der Waals surface area contributed by atoms with Crippen molar-refractivity contribution in [2.45, 2.75) is 13.5 Å². The third-order valence-electron chi connectivity index (χ3n) is 5.26. The highest BCUT2D eigenvalue weighted by atomic mass is 16.6. The summed E-state index contributed by atoms with van der Waals surface area (Å²) in [4.78, 5) is 26.1. The van der Waals surface area contributed by atoms with Crippen molar-refractivity contribution in [1.82, 2.24) is 19.9 Å². The lowest BCUT2D eigenvalue weighted by atomic mass is 10.1. The van der Waals surface area contributed by atoms with Crippen LogP contribution in [0.25, 0.3) is 11.4 Å². The van der Waals surface area contributed by atoms with Crippen molar-refractivity contribution in [2.75, 3.05) is 33.3 Å². The molecule has 8 heteroatoms. The summed E-state index contributed by atoms with van der Waals surface area (Å²) in [6, 6.07) is 15.4. The molecule has 160 valence electrons. The maximum Gasteiger partial charge on any atom is 0.253 e. The van der Waals surface area contributed by atoms with Crippen molar-refractivity contribution in [2.24, 2.45) is 5.16 Å². The molecule has 1 saturated heterocycles. The topological polar surface area (TPSA) is 84.1 Å². The number of aryl methyl sites for hydroxylation is 1. The maximum absolute atomic E-state index is 12.8. The molecule has 0 aliphatic carbocycles. The fourth-order valence-corrected chi connectivity index (χ4v) is 3.45. The van der Waals surface area contributed by atoms with Gasteiger partial charge in [0.05, 0.1) is 12.8 Å². The number of piperazine rings is 1. The van der Waals surface area contributed by atoms with Crippen molar-refractivity contribution >= 4 is 12.1 Å². The van der Waals surface area contributed by atoms with Gasteiger partial charge in [-0.05, 0) is 24.6 Å². The molecule has 1 amide bonds. The van der Waals surface area contributed by atoms with Gasteiger partial charge >= 0.3 is 0 Å². The largest absolute Gasteiger partial charge is 0.399 e. The van der Waals surface area contributed by atoms with Gasteiger partial charge in [0, 0.05) is 37.3 Å². The highest BCUT2D eigenvalue weighted by molar-refractivity contribution is 5.95. The van der Waals surface area contributed by atoms with Crippen molar-refractivity contribution in [3.8, 4) is 11.4 Å². The molecule has 0 bridgehead atoms. The van der Waals surface area contributed by atoms with E-state index in [1.165, 1.54) is 12.7 Å². The van der Waals surface area contributed by atoms with Gasteiger partial charge in [0.2, 0.25) is 11.7 Å². The standard InChI is InChI=1S/C23H25N5O3/c1-17-3-7-19(8-4-17)22-25-21(31-26-22)16-27-11-13-28(14-12-27)23(29)20-9-5-18(6-10-20)15-24-30-2/h3-10,15H,11-14,16H2,1-2H3/b24-15+. The lowest BCUT2D eigenvalue weighted by Gasteiger charge is -2.34. The smallest absolute Gasteiger partial charge is 0.253 e. The Bertz CT molecular complexity index is 1040. The molecule has 1 fully saturated rings. The van der Waals surface area contributed by atoms with Crippen molar-refractivity contribution < 1.29 is 14.2 Å². The first-order valence-electron chi connectivity index (χ1n) is 10.2. The van der Waals surface area contributed by atoms with Crippen molar-refractivity contribution in [3.05, 3.63) is 71.1 Å². The fourth-order valence-electron chi connectivity index (χ4n) is 3.45. The van der Waals surface area contributed by atoms with E-state index >= 15 is 0 Å². The fraction of sp³-hybridized carbons (Fsp3) is 0.304. The van der Waals surface area contributed by atoms with Gasteiger partial charge in [0.15, 0.2) is 0 Å². The third-order valence-corrected chi connectivity index (χ3v) is 5.26. The normalized spacial score (nSPS) is 14.8. The lowest BCUT2D eigenvalue weighted by Crippen LogP contribution is -2.48. The first-order valence-corrected chi connectivity index (χ1v) is 10.2. The van der Waals surface area contributed by atoms with Gasteiger partial charge in [-0.3, -0.25) is 9.69 Å². The second kappa shape index (κ2) is 9.53. The summed E-state index contributed by atoms with van der Waals surface area (Å²) >= 11 is 0. The molecule has 0 spiro atoms. The van der Waals surface area contributed by atoms with Crippen LogP contribution in [-0.4, -0.2) is 65.4 Å². The minimum absolute atomic E-state index is 0.0364. The van der Waals surface area contributed by atoms with Gasteiger partial charge < -0.3 is 14.3 Å². The van der Waals surface area contributed by atoms with Crippen LogP contribution in [0, 0.1) is 6.92 Å². The van der Waals surface area contributed by atoms with Crippen LogP contribution < -0.4 is 0 Å². The summed E-state index contributed by atoms with van der Waals surface area (Å²) in [5.41, 5.74) is 3.68. The molecule has 1 aliphatic rings. The van der Waals surface area contributed by atoms with E-state index in [4.69, 9.17) is 4.52 Å². The van der Waals surface area contributed by atoms with Crippen LogP contribution in [0.3, 0.4) is 0 Å². The molecule has 1 aliphatic heterocycles. The average molecular weight is 419 g/mol. The zero-order valence-electron chi connectivity index (χ0n) is 17.7. The molecule has 2 heterocycles. The summed E-state index contributed by atoms with van der Waals surface area (Å²) < 4.78 is 5.43. The van der Waals surface area contributed by atoms with E-state index < -0.39 is 0 Å². The maximum atomic E-state index is 12.8. The first-order chi connectivity index (χ1) is 15.1. The molecule has 31 heavy (non-hydrogen) atoms. The highest BCUT2D eigenvalue weighted by Gasteiger charge is 2.23. The van der Waals surface area contributed by atoms with Gasteiger partial charge in [0.25, 0.3) is 5.91 Å². The number of rotatable bonds is 6. The van der Waals surface area contributed by atoms with E-state index in [-0.39, 0.29) is 5.91 Å². The number of hydrogen-bond acceptors (Lipinski definition) is 7. The van der Waals surface area contributed by atoms with Gasteiger partial charge in [-0.15, -0.1) is 0 Å². The monoisotopic (exact) mass is 419 g/mol. The zero-order chi connectivity index (χ0) is 21.6. The molecule has 4 rings (SSSR count). The quantitative estimate of drug-likeness (QED) is 0.451. The molecule has 2 aromatic carbocycles. The minimum atomic E-state index is 0.0364. The van der Waals surface area contributed by atoms with E-state index in [1.807, 2.05) is 60.4 Å². The van der Waals surface area contributed by atoms with Crippen molar-refractivity contribution in [1.29, 1.82) is 0 Å². The van der Waals surface area contributed by atoms with Crippen LogP contribution in [0.5, 0.6) is 0 Å². The predicted molar refractivity (Wildman–Crippen MR) is 117 cm³/mol. The van der Waals surface area contributed by atoms with E-state index in [0.29, 0.717) is 36.9 Å². The number of carbonyl (C=O) groups is 1. The second-order valence-corrected chi connectivity index (χ2v) is 7.49. The molecule has 8 nitrogen and oxygen atoms in total. The Hall–Kier alpha value is -3.52. The second-order valence-electron chi connectivity index (χ2n) is 7.49. The van der Waals surface area contributed by atoms with E-state index in [0.717, 1.165) is 24.2 Å². The Morgan fingerprint density at radius 1 is 1.10 bits per heavy atom. The molecule has 0 N–H and O–H groups in total. The first kappa shape index (κ1) is 20.7. The number of aromatic nitrogens is 2. The van der Waals surface area contributed by atoms with Crippen molar-refractivity contribution in [3.63, 3.8) is 0 Å². The summed E-state index contributed by atoms with van der Waals surface area (Å²) in [7, 11) is 1.50. The summed E-state index contributed by atoms with van der Waals surface area (Å²) in [5.74, 6) is 1.22. The minimum Gasteiger partial charge on any atom is -0.399 e. The number of hydrogen-bond donors (Lipinski definition) is 0. The van der Waals surface area contributed by atoms with Gasteiger partial charge in [-0.1, -0.05) is 52.3 Å². The lowest BCUT2D eigenvalue weighted by molar-refractivity contribution is 0.0615. The number of carbonyl (C=O) groups excluding carboxylic acids is 1. The molecular weight excluding hydrogens is 394 g/mol. The molecule has 0 unspecified atom stereocenters. The predicted octanol–water partition coefficient (Wildman–Crippen LogP) is 2.98. The number of oxime groups is 1. The Labute approximate surface area is 181 Å². The third kappa shape index (κ3) is 5.16. The van der Waals surface area contributed by atoms with Crippen LogP contribution >= 0.6 is 0 Å². The number of amides is 1. The van der Waals surface area contributed by atoms with Crippen LogP contribution in [0.1, 0.15) is 27.4 Å². The Balaban J connectivity index is 1.30. The van der Waals surface area contributed by atoms with E-state index in [9.17, 15) is 4.79 Å². The van der Waals surface area contributed by atoms with E-state index in [1.54, 1.807) is 6.21 Å². The molecule has 1 aromatic heterocycles. The van der Waals surface area contributed by atoms with Crippen LogP contribution in [0.4, 0.5) is 0 Å². The van der Waals surface area contributed by atoms with E-state index in [2.05, 4.69) is 25.0 Å². The Morgan fingerprint density at radius 3 is 2.48 bits per heavy atom. The molecule has 3 aromatic rings. The molecular formula is C23H25N5O3. The van der Waals surface area contributed by atoms with Crippen LogP contribution in [0.15, 0.2) is 58.2 Å². The number of benzene rings is 2. The van der Waals surface area contributed by atoms with Gasteiger partial charge in [-0.2, -0.15) is 4.98 Å². The summed E-state index contributed by atoms with van der Waals surface area (Å²) in [5, 5.41) is 7.82. The molecule has 0 saturated carbocycles. The van der Waals surface area contributed by atoms with Crippen LogP contribution in [0.2, 0.25) is 0 Å². The van der Waals surface area contributed by atoms with Crippen LogP contribution in [-0.2, 0) is 11.4 Å². The summed E-state index contributed by atoms with van der Waals surface area (Å²) in [6.45, 7) is 5.45. The Morgan fingerprint density at radius 2 is 1.81 bits per heavy atom. The van der Waals surface area contributed by atoms with Gasteiger partial charge in [-0.25, -0.2) is 0 Å². The SMILES string of the molecule is CO/N=C/c1ccc(C(=O)N2CCN(Cc3nc(-c4ccc(C)cc4)no3)CC2)cc1. The summed E-state index contributed by atoms with van der Waals surface area (Å²) in [6.07, 6.45) is 1.61. The number of nitrogens with zero attached hydrogens (tertiary/aromatic N) is 5. The Kier molecular flexibility index (Phi) is 6.37. The zero-order valence-corrected chi connectivity index (χ0v) is 17.7. The van der Waals surface area contributed by atoms with Gasteiger partial charge in [0.1, 0.15) is 7.11 Å².